The summed E-state index contributed by atoms with van der Waals surface area (Å²) in [4.78, 5) is 37.5. The molecule has 2 amide bonds. The number of nitrogens with zero attached hydrogens (tertiary/aromatic N) is 4. The number of aryl methyl sites for hydroxylation is 1. The number of nitrogens with one attached hydrogen (secondary N) is 1. The zero-order chi connectivity index (χ0) is 20.2. The average molecular weight is 399 g/mol. The highest BCUT2D eigenvalue weighted by atomic mass is 16.5. The summed E-state index contributed by atoms with van der Waals surface area (Å²) in [5.74, 6) is 0.454. The smallest absolute Gasteiger partial charge is 0.289 e. The van der Waals surface area contributed by atoms with Gasteiger partial charge in [0.05, 0.1) is 12.4 Å². The number of carbonyl (C=O) groups is 2. The molecule has 4 heterocycles. The van der Waals surface area contributed by atoms with Crippen molar-refractivity contribution in [3.05, 3.63) is 41.6 Å². The van der Waals surface area contributed by atoms with Gasteiger partial charge < -0.3 is 24.3 Å². The van der Waals surface area contributed by atoms with Crippen molar-refractivity contribution in [3.63, 3.8) is 0 Å². The van der Waals surface area contributed by atoms with Gasteiger partial charge in [0.1, 0.15) is 5.69 Å². The Balaban J connectivity index is 1.36. The van der Waals surface area contributed by atoms with Crippen LogP contribution in [-0.4, -0.2) is 77.0 Å². The molecule has 2 aromatic rings. The van der Waals surface area contributed by atoms with Gasteiger partial charge in [0.2, 0.25) is 5.95 Å². The summed E-state index contributed by atoms with van der Waals surface area (Å²) < 4.78 is 10.8. The van der Waals surface area contributed by atoms with Gasteiger partial charge in [0.15, 0.2) is 5.76 Å². The molecular weight excluding hydrogens is 374 g/mol. The summed E-state index contributed by atoms with van der Waals surface area (Å²) in [7, 11) is 0. The molecule has 154 valence electrons. The first-order valence-electron chi connectivity index (χ1n) is 9.93. The molecule has 0 aliphatic carbocycles. The van der Waals surface area contributed by atoms with Gasteiger partial charge in [0, 0.05) is 45.0 Å². The lowest BCUT2D eigenvalue weighted by Crippen LogP contribution is -2.50. The maximum atomic E-state index is 12.9. The van der Waals surface area contributed by atoms with Gasteiger partial charge in [-0.25, -0.2) is 9.97 Å². The van der Waals surface area contributed by atoms with Crippen molar-refractivity contribution in [2.45, 2.75) is 25.9 Å². The normalized spacial score (nSPS) is 19.4. The Morgan fingerprint density at radius 2 is 1.93 bits per heavy atom. The molecular formula is C20H25N5O4. The molecule has 2 aliphatic rings. The highest BCUT2D eigenvalue weighted by Gasteiger charge is 2.27. The summed E-state index contributed by atoms with van der Waals surface area (Å²) in [6.07, 6.45) is 3.73. The fourth-order valence-electron chi connectivity index (χ4n) is 3.60. The van der Waals surface area contributed by atoms with Crippen LogP contribution < -0.4 is 5.32 Å². The van der Waals surface area contributed by atoms with Crippen molar-refractivity contribution < 1.29 is 18.7 Å². The van der Waals surface area contributed by atoms with E-state index >= 15 is 0 Å². The number of rotatable bonds is 5. The number of anilines is 1. The first kappa shape index (κ1) is 19.4. The van der Waals surface area contributed by atoms with E-state index in [1.807, 2.05) is 6.92 Å². The highest BCUT2D eigenvalue weighted by molar-refractivity contribution is 5.94. The Labute approximate surface area is 169 Å². The van der Waals surface area contributed by atoms with Crippen LogP contribution in [0.25, 0.3) is 0 Å². The second kappa shape index (κ2) is 8.60. The van der Waals surface area contributed by atoms with E-state index in [1.54, 1.807) is 28.0 Å². The summed E-state index contributed by atoms with van der Waals surface area (Å²) in [5, 5.41) is 3.18. The Morgan fingerprint density at radius 3 is 2.59 bits per heavy atom. The molecule has 2 fully saturated rings. The van der Waals surface area contributed by atoms with Crippen LogP contribution >= 0.6 is 0 Å². The van der Waals surface area contributed by atoms with Gasteiger partial charge in [-0.05, 0) is 38.0 Å². The molecule has 1 unspecified atom stereocenters. The minimum atomic E-state index is -0.152. The van der Waals surface area contributed by atoms with E-state index in [1.165, 1.54) is 6.26 Å². The van der Waals surface area contributed by atoms with E-state index in [-0.39, 0.29) is 17.9 Å². The van der Waals surface area contributed by atoms with E-state index in [9.17, 15) is 9.59 Å². The van der Waals surface area contributed by atoms with Crippen molar-refractivity contribution in [3.8, 4) is 0 Å². The lowest BCUT2D eigenvalue weighted by atomic mass is 10.2. The number of ether oxygens (including phenoxy) is 1. The van der Waals surface area contributed by atoms with Gasteiger partial charge in [-0.1, -0.05) is 0 Å². The summed E-state index contributed by atoms with van der Waals surface area (Å²) in [6, 6.07) is 5.03. The van der Waals surface area contributed by atoms with Crippen LogP contribution in [0.1, 0.15) is 39.6 Å². The van der Waals surface area contributed by atoms with Crippen LogP contribution in [0.5, 0.6) is 0 Å². The molecule has 2 aromatic heterocycles. The van der Waals surface area contributed by atoms with Crippen molar-refractivity contribution in [2.24, 2.45) is 0 Å². The molecule has 0 aromatic carbocycles. The van der Waals surface area contributed by atoms with Gasteiger partial charge in [-0.15, -0.1) is 0 Å². The standard InChI is InChI=1S/C20H25N5O4/c1-14-12-16(23-20(22-14)21-13-15-4-2-10-28-15)18(26)24-6-8-25(9-7-24)19(27)17-5-3-11-29-17/h3,5,11-12,15H,2,4,6-10,13H2,1H3,(H,21,22,23). The molecule has 4 rings (SSSR count). The average Bonchev–Trinajstić information content (AvgIpc) is 3.45. The fraction of sp³-hybridized carbons (Fsp3) is 0.500. The lowest BCUT2D eigenvalue weighted by Gasteiger charge is -2.34. The summed E-state index contributed by atoms with van der Waals surface area (Å²) in [6.45, 7) is 5.08. The topological polar surface area (TPSA) is 101 Å². The second-order valence-electron chi connectivity index (χ2n) is 7.30. The van der Waals surface area contributed by atoms with Crippen LogP contribution in [0.4, 0.5) is 5.95 Å². The lowest BCUT2D eigenvalue weighted by molar-refractivity contribution is 0.0515. The van der Waals surface area contributed by atoms with Crippen LogP contribution in [-0.2, 0) is 4.74 Å². The molecule has 1 N–H and O–H groups in total. The molecule has 9 heteroatoms. The number of furan rings is 1. The second-order valence-corrected chi connectivity index (χ2v) is 7.30. The fourth-order valence-corrected chi connectivity index (χ4v) is 3.60. The third kappa shape index (κ3) is 4.56. The van der Waals surface area contributed by atoms with Crippen LogP contribution in [0.15, 0.2) is 28.9 Å². The Kier molecular flexibility index (Phi) is 5.75. The predicted molar refractivity (Wildman–Crippen MR) is 105 cm³/mol. The molecule has 2 aliphatic heterocycles. The van der Waals surface area contributed by atoms with Gasteiger partial charge in [-0.3, -0.25) is 9.59 Å². The highest BCUT2D eigenvalue weighted by Crippen LogP contribution is 2.15. The van der Waals surface area contributed by atoms with Crippen LogP contribution in [0.2, 0.25) is 0 Å². The SMILES string of the molecule is Cc1cc(C(=O)N2CCN(C(=O)c3ccco3)CC2)nc(NCC2CCCO2)n1. The number of piperazine rings is 1. The third-order valence-electron chi connectivity index (χ3n) is 5.17. The Bertz CT molecular complexity index is 856. The van der Waals surface area contributed by atoms with E-state index in [0.29, 0.717) is 50.1 Å². The van der Waals surface area contributed by atoms with Crippen LogP contribution in [0, 0.1) is 6.92 Å². The molecule has 0 spiro atoms. The Hall–Kier alpha value is -2.94. The monoisotopic (exact) mass is 399 g/mol. The molecule has 0 bridgehead atoms. The quantitative estimate of drug-likeness (QED) is 0.814. The molecule has 1 atom stereocenters. The molecule has 29 heavy (non-hydrogen) atoms. The largest absolute Gasteiger partial charge is 0.459 e. The molecule has 2 saturated heterocycles. The van der Waals surface area contributed by atoms with Gasteiger partial charge in [-0.2, -0.15) is 0 Å². The minimum absolute atomic E-state index is 0.152. The number of hydrogen-bond donors (Lipinski definition) is 1. The van der Waals surface area contributed by atoms with E-state index < -0.39 is 0 Å². The number of aromatic nitrogens is 2. The summed E-state index contributed by atoms with van der Waals surface area (Å²) >= 11 is 0. The molecule has 0 radical (unpaired) electrons. The third-order valence-corrected chi connectivity index (χ3v) is 5.17. The van der Waals surface area contributed by atoms with Crippen molar-refractivity contribution in [1.82, 2.24) is 19.8 Å². The van der Waals surface area contributed by atoms with Crippen molar-refractivity contribution in [1.29, 1.82) is 0 Å². The van der Waals surface area contributed by atoms with Crippen molar-refractivity contribution in [2.75, 3.05) is 44.6 Å². The van der Waals surface area contributed by atoms with Crippen LogP contribution in [0.3, 0.4) is 0 Å². The first-order chi connectivity index (χ1) is 14.1. The van der Waals surface area contributed by atoms with Gasteiger partial charge in [0.25, 0.3) is 11.8 Å². The Morgan fingerprint density at radius 1 is 1.17 bits per heavy atom. The minimum Gasteiger partial charge on any atom is -0.459 e. The zero-order valence-corrected chi connectivity index (χ0v) is 16.5. The molecule has 0 saturated carbocycles. The number of carbonyl (C=O) groups excluding carboxylic acids is 2. The van der Waals surface area contributed by atoms with Crippen molar-refractivity contribution >= 4 is 17.8 Å². The van der Waals surface area contributed by atoms with E-state index in [0.717, 1.165) is 25.1 Å². The van der Waals surface area contributed by atoms with E-state index in [2.05, 4.69) is 15.3 Å². The summed E-state index contributed by atoms with van der Waals surface area (Å²) in [5.41, 5.74) is 1.09. The number of amides is 2. The maximum absolute atomic E-state index is 12.9. The zero-order valence-electron chi connectivity index (χ0n) is 16.5. The maximum Gasteiger partial charge on any atom is 0.289 e. The van der Waals surface area contributed by atoms with Gasteiger partial charge >= 0.3 is 0 Å². The van der Waals surface area contributed by atoms with E-state index in [4.69, 9.17) is 9.15 Å². The predicted octanol–water partition coefficient (Wildman–Crippen LogP) is 1.57. The first-order valence-corrected chi connectivity index (χ1v) is 9.93. The number of hydrogen-bond acceptors (Lipinski definition) is 7. The molecule has 9 nitrogen and oxygen atoms in total.